The van der Waals surface area contributed by atoms with Gasteiger partial charge >= 0.3 is 0 Å². The van der Waals surface area contributed by atoms with Crippen LogP contribution in [0.3, 0.4) is 0 Å². The molecule has 2 aliphatic rings. The highest BCUT2D eigenvalue weighted by Crippen LogP contribution is 2.37. The molecule has 4 rings (SSSR count). The monoisotopic (exact) mass is 433 g/mol. The van der Waals surface area contributed by atoms with Crippen molar-refractivity contribution in [2.45, 2.75) is 30.0 Å². The number of anilines is 1. The molecular formula is C19H19N3O3S3. The number of hydrogen-bond acceptors (Lipinski definition) is 6. The second-order valence-electron chi connectivity index (χ2n) is 6.74. The number of thioether (sulfide) groups is 2. The lowest BCUT2D eigenvalue weighted by Gasteiger charge is -2.23. The van der Waals surface area contributed by atoms with Crippen LogP contribution in [0.1, 0.15) is 18.1 Å². The SMILES string of the molecule is C[C@@H]1Cc2cc(S(N)(=O)=O)ccc2N1C(=O)CSC1=Nc2ccccc2CS1. The number of amides is 1. The highest BCUT2D eigenvalue weighted by molar-refractivity contribution is 8.38. The topological polar surface area (TPSA) is 92.8 Å². The maximum Gasteiger partial charge on any atom is 0.238 e. The van der Waals surface area contributed by atoms with Crippen LogP contribution in [-0.2, 0) is 27.0 Å². The first kappa shape index (κ1) is 19.5. The summed E-state index contributed by atoms with van der Waals surface area (Å²) in [6, 6.07) is 12.7. The van der Waals surface area contributed by atoms with Gasteiger partial charge in [0.25, 0.3) is 0 Å². The minimum Gasteiger partial charge on any atom is -0.308 e. The van der Waals surface area contributed by atoms with Crippen LogP contribution in [0.15, 0.2) is 52.4 Å². The van der Waals surface area contributed by atoms with Crippen molar-refractivity contribution in [1.82, 2.24) is 0 Å². The number of rotatable bonds is 3. The fraction of sp³-hybridized carbons (Fsp3) is 0.263. The number of nitrogens with two attached hydrogens (primary N) is 1. The zero-order valence-corrected chi connectivity index (χ0v) is 17.6. The van der Waals surface area contributed by atoms with E-state index in [9.17, 15) is 13.2 Å². The highest BCUT2D eigenvalue weighted by atomic mass is 32.2. The molecule has 2 heterocycles. The van der Waals surface area contributed by atoms with E-state index in [4.69, 9.17) is 5.14 Å². The van der Waals surface area contributed by atoms with Gasteiger partial charge in [-0.2, -0.15) is 0 Å². The lowest BCUT2D eigenvalue weighted by atomic mass is 10.1. The molecule has 2 aliphatic heterocycles. The van der Waals surface area contributed by atoms with Gasteiger partial charge in [-0.3, -0.25) is 4.79 Å². The predicted octanol–water partition coefficient (Wildman–Crippen LogP) is 3.28. The number of carbonyl (C=O) groups is 1. The molecule has 6 nitrogen and oxygen atoms in total. The minimum absolute atomic E-state index is 0.0123. The Morgan fingerprint density at radius 1 is 1.29 bits per heavy atom. The Hall–Kier alpha value is -1.81. The van der Waals surface area contributed by atoms with Gasteiger partial charge in [0.15, 0.2) is 0 Å². The molecule has 2 aromatic carbocycles. The number of aliphatic imine (C=N–C) groups is 1. The summed E-state index contributed by atoms with van der Waals surface area (Å²) in [5.41, 5.74) is 3.76. The molecule has 0 bridgehead atoms. The van der Waals surface area contributed by atoms with E-state index in [1.807, 2.05) is 25.1 Å². The summed E-state index contributed by atoms with van der Waals surface area (Å²) in [6.45, 7) is 1.96. The molecule has 1 amide bonds. The number of fused-ring (bicyclic) bond motifs is 2. The first-order valence-electron chi connectivity index (χ1n) is 8.73. The number of benzene rings is 2. The molecule has 0 saturated heterocycles. The third kappa shape index (κ3) is 3.84. The third-order valence-electron chi connectivity index (χ3n) is 4.74. The van der Waals surface area contributed by atoms with Gasteiger partial charge in [-0.25, -0.2) is 18.5 Å². The number of sulfonamides is 1. The lowest BCUT2D eigenvalue weighted by molar-refractivity contribution is -0.116. The summed E-state index contributed by atoms with van der Waals surface area (Å²) in [5.74, 6) is 1.13. The molecule has 9 heteroatoms. The van der Waals surface area contributed by atoms with Crippen molar-refractivity contribution in [2.75, 3.05) is 10.7 Å². The minimum atomic E-state index is -3.75. The Bertz CT molecular complexity index is 1080. The molecule has 2 aromatic rings. The van der Waals surface area contributed by atoms with E-state index >= 15 is 0 Å². The van der Waals surface area contributed by atoms with Crippen molar-refractivity contribution in [1.29, 1.82) is 0 Å². The van der Waals surface area contributed by atoms with E-state index < -0.39 is 10.0 Å². The fourth-order valence-electron chi connectivity index (χ4n) is 3.44. The standard InChI is InChI=1S/C19H19N3O3S3/c1-12-8-14-9-15(28(20,24)25)6-7-17(14)22(12)18(23)11-27-19-21-16-5-3-2-4-13(16)10-26-19/h2-7,9,12H,8,10-11H2,1H3,(H2,20,24,25)/t12-/m1/s1. The molecule has 0 aliphatic carbocycles. The van der Waals surface area contributed by atoms with E-state index in [1.54, 1.807) is 28.8 Å². The molecule has 28 heavy (non-hydrogen) atoms. The molecule has 0 radical (unpaired) electrons. The molecule has 1 atom stereocenters. The van der Waals surface area contributed by atoms with Crippen LogP contribution in [-0.4, -0.2) is 30.5 Å². The zero-order chi connectivity index (χ0) is 19.9. The largest absolute Gasteiger partial charge is 0.308 e. The van der Waals surface area contributed by atoms with Gasteiger partial charge in [-0.1, -0.05) is 41.7 Å². The van der Waals surface area contributed by atoms with E-state index in [2.05, 4.69) is 11.1 Å². The fourth-order valence-corrected chi connectivity index (χ4v) is 5.93. The van der Waals surface area contributed by atoms with Crippen LogP contribution < -0.4 is 10.0 Å². The summed E-state index contributed by atoms with van der Waals surface area (Å²) < 4.78 is 24.0. The average molecular weight is 434 g/mol. The van der Waals surface area contributed by atoms with Gasteiger partial charge < -0.3 is 4.90 Å². The van der Waals surface area contributed by atoms with Gasteiger partial charge in [-0.05, 0) is 48.7 Å². The van der Waals surface area contributed by atoms with Gasteiger partial charge in [0, 0.05) is 17.5 Å². The maximum atomic E-state index is 12.9. The smallest absolute Gasteiger partial charge is 0.238 e. The first-order chi connectivity index (χ1) is 13.3. The van der Waals surface area contributed by atoms with Crippen LogP contribution in [0.5, 0.6) is 0 Å². The lowest BCUT2D eigenvalue weighted by Crippen LogP contribution is -2.37. The van der Waals surface area contributed by atoms with Crippen molar-refractivity contribution in [2.24, 2.45) is 10.1 Å². The summed E-state index contributed by atoms with van der Waals surface area (Å²) >= 11 is 3.09. The van der Waals surface area contributed by atoms with Gasteiger partial charge in [-0.15, -0.1) is 0 Å². The predicted molar refractivity (Wildman–Crippen MR) is 116 cm³/mol. The number of para-hydroxylation sites is 1. The quantitative estimate of drug-likeness (QED) is 0.802. The summed E-state index contributed by atoms with van der Waals surface area (Å²) in [4.78, 5) is 19.3. The van der Waals surface area contributed by atoms with Crippen LogP contribution in [0, 0.1) is 0 Å². The number of carbonyl (C=O) groups excluding carboxylic acids is 1. The number of hydrogen-bond donors (Lipinski definition) is 1. The molecule has 0 spiro atoms. The Labute approximate surface area is 172 Å². The summed E-state index contributed by atoms with van der Waals surface area (Å²) in [6.07, 6.45) is 0.609. The van der Waals surface area contributed by atoms with E-state index in [0.717, 1.165) is 27.1 Å². The summed E-state index contributed by atoms with van der Waals surface area (Å²) in [7, 11) is -3.75. The normalized spacial score (nSPS) is 18.4. The third-order valence-corrected chi connectivity index (χ3v) is 7.88. The Morgan fingerprint density at radius 3 is 2.86 bits per heavy atom. The van der Waals surface area contributed by atoms with E-state index in [0.29, 0.717) is 6.42 Å². The van der Waals surface area contributed by atoms with Crippen molar-refractivity contribution in [3.63, 3.8) is 0 Å². The van der Waals surface area contributed by atoms with Crippen LogP contribution >= 0.6 is 23.5 Å². The molecule has 0 unspecified atom stereocenters. The Balaban J connectivity index is 1.49. The van der Waals surface area contributed by atoms with Gasteiger partial charge in [0.05, 0.1) is 16.3 Å². The van der Waals surface area contributed by atoms with Crippen LogP contribution in [0.2, 0.25) is 0 Å². The zero-order valence-electron chi connectivity index (χ0n) is 15.2. The molecule has 0 fully saturated rings. The number of primary sulfonamides is 1. The molecular weight excluding hydrogens is 414 g/mol. The Morgan fingerprint density at radius 2 is 2.07 bits per heavy atom. The van der Waals surface area contributed by atoms with Crippen molar-refractivity contribution < 1.29 is 13.2 Å². The second kappa shape index (κ2) is 7.55. The molecule has 2 N–H and O–H groups in total. The molecule has 146 valence electrons. The molecule has 0 saturated carbocycles. The van der Waals surface area contributed by atoms with Crippen molar-refractivity contribution >= 4 is 55.2 Å². The van der Waals surface area contributed by atoms with E-state index in [-0.39, 0.29) is 22.6 Å². The molecule has 0 aromatic heterocycles. The van der Waals surface area contributed by atoms with Gasteiger partial charge in [0.1, 0.15) is 4.38 Å². The van der Waals surface area contributed by atoms with Crippen LogP contribution in [0.4, 0.5) is 11.4 Å². The Kier molecular flexibility index (Phi) is 5.26. The maximum absolute atomic E-state index is 12.9. The van der Waals surface area contributed by atoms with Crippen molar-refractivity contribution in [3.8, 4) is 0 Å². The van der Waals surface area contributed by atoms with Gasteiger partial charge in [0.2, 0.25) is 15.9 Å². The van der Waals surface area contributed by atoms with Crippen LogP contribution in [0.25, 0.3) is 0 Å². The van der Waals surface area contributed by atoms with E-state index in [1.165, 1.54) is 23.4 Å². The van der Waals surface area contributed by atoms with Crippen molar-refractivity contribution in [3.05, 3.63) is 53.6 Å². The first-order valence-corrected chi connectivity index (χ1v) is 12.2. The average Bonchev–Trinajstić information content (AvgIpc) is 3.00. The number of nitrogens with zero attached hydrogens (tertiary/aromatic N) is 2. The highest BCUT2D eigenvalue weighted by Gasteiger charge is 2.32. The summed E-state index contributed by atoms with van der Waals surface area (Å²) in [5, 5.41) is 5.22. The second-order valence-corrected chi connectivity index (χ2v) is 10.5.